The Morgan fingerprint density at radius 3 is 2.15 bits per heavy atom. The Morgan fingerprint density at radius 2 is 1.59 bits per heavy atom. The molecule has 0 amide bonds. The summed E-state index contributed by atoms with van der Waals surface area (Å²) >= 11 is 6.33. The van der Waals surface area contributed by atoms with Crippen molar-refractivity contribution in [1.29, 1.82) is 0 Å². The van der Waals surface area contributed by atoms with Gasteiger partial charge < -0.3 is 19.5 Å². The first kappa shape index (κ1) is 21.4. The molecule has 1 N–H and O–H groups in total. The van der Waals surface area contributed by atoms with Crippen molar-refractivity contribution in [2.75, 3.05) is 20.8 Å². The van der Waals surface area contributed by atoms with Crippen LogP contribution in [-0.2, 0) is 12.0 Å². The molecule has 0 aliphatic heterocycles. The second kappa shape index (κ2) is 9.34. The lowest BCUT2D eigenvalue weighted by Crippen LogP contribution is -2.28. The van der Waals surface area contributed by atoms with E-state index < -0.39 is 0 Å². The van der Waals surface area contributed by atoms with Crippen LogP contribution >= 0.6 is 11.6 Å². The van der Waals surface area contributed by atoms with Crippen LogP contribution in [0.1, 0.15) is 38.8 Å². The SMILES string of the molecule is COc1cc(Cl)c(CNCC(C)Oc2ccc(C(C)(C)C)cc2)cc1OC. The van der Waals surface area contributed by atoms with Crippen LogP contribution in [0.3, 0.4) is 0 Å². The van der Waals surface area contributed by atoms with Crippen LogP contribution in [0.4, 0.5) is 0 Å². The molecule has 0 aromatic heterocycles. The normalized spacial score (nSPS) is 12.6. The smallest absolute Gasteiger partial charge is 0.162 e. The molecule has 0 aliphatic carbocycles. The molecule has 148 valence electrons. The fraction of sp³-hybridized carbons (Fsp3) is 0.455. The van der Waals surface area contributed by atoms with Crippen LogP contribution in [0.15, 0.2) is 36.4 Å². The van der Waals surface area contributed by atoms with Gasteiger partial charge in [0, 0.05) is 24.2 Å². The lowest BCUT2D eigenvalue weighted by atomic mass is 9.87. The van der Waals surface area contributed by atoms with Gasteiger partial charge in [-0.1, -0.05) is 44.5 Å². The average Bonchev–Trinajstić information content (AvgIpc) is 2.62. The van der Waals surface area contributed by atoms with Crippen LogP contribution in [0.25, 0.3) is 0 Å². The Hall–Kier alpha value is -1.91. The van der Waals surface area contributed by atoms with E-state index in [-0.39, 0.29) is 11.5 Å². The number of ether oxygens (including phenoxy) is 3. The highest BCUT2D eigenvalue weighted by molar-refractivity contribution is 6.31. The lowest BCUT2D eigenvalue weighted by Gasteiger charge is -2.20. The van der Waals surface area contributed by atoms with Crippen molar-refractivity contribution < 1.29 is 14.2 Å². The molecule has 5 heteroatoms. The maximum Gasteiger partial charge on any atom is 0.162 e. The number of hydrogen-bond donors (Lipinski definition) is 1. The monoisotopic (exact) mass is 391 g/mol. The molecule has 0 radical (unpaired) electrons. The summed E-state index contributed by atoms with van der Waals surface area (Å²) < 4.78 is 16.6. The first-order valence-electron chi connectivity index (χ1n) is 9.13. The molecule has 2 rings (SSSR count). The molecule has 0 fully saturated rings. The van der Waals surface area contributed by atoms with E-state index in [2.05, 4.69) is 38.2 Å². The second-order valence-electron chi connectivity index (χ2n) is 7.63. The molecule has 2 aromatic carbocycles. The van der Waals surface area contributed by atoms with Gasteiger partial charge in [0.15, 0.2) is 11.5 Å². The zero-order valence-electron chi connectivity index (χ0n) is 17.1. The van der Waals surface area contributed by atoms with Gasteiger partial charge in [0.2, 0.25) is 0 Å². The molecule has 0 spiro atoms. The molecule has 0 bridgehead atoms. The Balaban J connectivity index is 1.88. The topological polar surface area (TPSA) is 39.7 Å². The number of halogens is 1. The molecule has 0 aliphatic rings. The zero-order valence-corrected chi connectivity index (χ0v) is 17.8. The summed E-state index contributed by atoms with van der Waals surface area (Å²) in [6, 6.07) is 12.0. The highest BCUT2D eigenvalue weighted by Crippen LogP contribution is 2.33. The number of methoxy groups -OCH3 is 2. The third-order valence-electron chi connectivity index (χ3n) is 4.36. The highest BCUT2D eigenvalue weighted by atomic mass is 35.5. The van der Waals surface area contributed by atoms with Gasteiger partial charge in [-0.25, -0.2) is 0 Å². The molecule has 0 heterocycles. The van der Waals surface area contributed by atoms with E-state index in [0.29, 0.717) is 29.6 Å². The lowest BCUT2D eigenvalue weighted by molar-refractivity contribution is 0.216. The Labute approximate surface area is 167 Å². The van der Waals surface area contributed by atoms with Gasteiger partial charge in [-0.15, -0.1) is 0 Å². The summed E-state index contributed by atoms with van der Waals surface area (Å²) in [4.78, 5) is 0. The summed E-state index contributed by atoms with van der Waals surface area (Å²) in [7, 11) is 3.21. The quantitative estimate of drug-likeness (QED) is 0.670. The third-order valence-corrected chi connectivity index (χ3v) is 4.71. The van der Waals surface area contributed by atoms with Crippen LogP contribution in [0, 0.1) is 0 Å². The van der Waals surface area contributed by atoms with Crippen molar-refractivity contribution in [3.8, 4) is 17.2 Å². The van der Waals surface area contributed by atoms with Gasteiger partial charge >= 0.3 is 0 Å². The number of benzene rings is 2. The summed E-state index contributed by atoms with van der Waals surface area (Å²) in [5, 5.41) is 4.03. The summed E-state index contributed by atoms with van der Waals surface area (Å²) in [6.45, 7) is 9.97. The van der Waals surface area contributed by atoms with Gasteiger partial charge in [0.1, 0.15) is 11.9 Å². The molecule has 0 saturated heterocycles. The minimum Gasteiger partial charge on any atom is -0.493 e. The molecular weight excluding hydrogens is 362 g/mol. The predicted octanol–water partition coefficient (Wildman–Crippen LogP) is 5.21. The van der Waals surface area contributed by atoms with E-state index >= 15 is 0 Å². The Bertz CT molecular complexity index is 738. The molecule has 4 nitrogen and oxygen atoms in total. The summed E-state index contributed by atoms with van der Waals surface area (Å²) in [5.41, 5.74) is 2.39. The van der Waals surface area contributed by atoms with Crippen molar-refractivity contribution in [3.05, 3.63) is 52.5 Å². The minimum absolute atomic E-state index is 0.0319. The van der Waals surface area contributed by atoms with Gasteiger partial charge in [0.05, 0.1) is 14.2 Å². The van der Waals surface area contributed by atoms with Crippen LogP contribution in [0.5, 0.6) is 17.2 Å². The Kier molecular flexibility index (Phi) is 7.40. The van der Waals surface area contributed by atoms with Crippen molar-refractivity contribution in [3.63, 3.8) is 0 Å². The fourth-order valence-electron chi connectivity index (χ4n) is 2.75. The molecule has 1 atom stereocenters. The molecule has 0 saturated carbocycles. The van der Waals surface area contributed by atoms with E-state index in [1.807, 2.05) is 25.1 Å². The average molecular weight is 392 g/mol. The number of hydrogen-bond acceptors (Lipinski definition) is 4. The van der Waals surface area contributed by atoms with E-state index in [4.69, 9.17) is 25.8 Å². The Morgan fingerprint density at radius 1 is 1.00 bits per heavy atom. The zero-order chi connectivity index (χ0) is 20.0. The standard InChI is InChI=1S/C22H30ClNO3/c1-15(27-18-9-7-17(8-10-18)22(2,3)4)13-24-14-16-11-20(25-5)21(26-6)12-19(16)23/h7-12,15,24H,13-14H2,1-6H3. The molecule has 27 heavy (non-hydrogen) atoms. The van der Waals surface area contributed by atoms with Crippen molar-refractivity contribution >= 4 is 11.6 Å². The van der Waals surface area contributed by atoms with Crippen LogP contribution in [0.2, 0.25) is 5.02 Å². The van der Waals surface area contributed by atoms with Crippen molar-refractivity contribution in [2.45, 2.75) is 45.8 Å². The molecule has 2 aromatic rings. The van der Waals surface area contributed by atoms with Gasteiger partial charge in [-0.2, -0.15) is 0 Å². The van der Waals surface area contributed by atoms with Crippen molar-refractivity contribution in [1.82, 2.24) is 5.32 Å². The molecule has 1 unspecified atom stereocenters. The van der Waals surface area contributed by atoms with Crippen LogP contribution < -0.4 is 19.5 Å². The van der Waals surface area contributed by atoms with Crippen LogP contribution in [-0.4, -0.2) is 26.9 Å². The minimum atomic E-state index is 0.0319. The van der Waals surface area contributed by atoms with Crippen molar-refractivity contribution in [2.24, 2.45) is 0 Å². The first-order chi connectivity index (χ1) is 12.7. The first-order valence-corrected chi connectivity index (χ1v) is 9.50. The molecular formula is C22H30ClNO3. The van der Waals surface area contributed by atoms with E-state index in [0.717, 1.165) is 11.3 Å². The summed E-state index contributed by atoms with van der Waals surface area (Å²) in [5.74, 6) is 2.17. The summed E-state index contributed by atoms with van der Waals surface area (Å²) in [6.07, 6.45) is 0.0319. The maximum absolute atomic E-state index is 6.33. The van der Waals surface area contributed by atoms with E-state index in [1.165, 1.54) is 5.56 Å². The number of nitrogens with one attached hydrogen (secondary N) is 1. The third kappa shape index (κ3) is 6.05. The highest BCUT2D eigenvalue weighted by Gasteiger charge is 2.14. The second-order valence-corrected chi connectivity index (χ2v) is 8.04. The maximum atomic E-state index is 6.33. The largest absolute Gasteiger partial charge is 0.493 e. The number of rotatable bonds is 8. The van der Waals surface area contributed by atoms with Gasteiger partial charge in [0.25, 0.3) is 0 Å². The predicted molar refractivity (Wildman–Crippen MR) is 111 cm³/mol. The van der Waals surface area contributed by atoms with E-state index in [1.54, 1.807) is 20.3 Å². The van der Waals surface area contributed by atoms with Gasteiger partial charge in [-0.3, -0.25) is 0 Å². The fourth-order valence-corrected chi connectivity index (χ4v) is 2.97. The van der Waals surface area contributed by atoms with Gasteiger partial charge in [-0.05, 0) is 41.7 Å². The van der Waals surface area contributed by atoms with E-state index in [9.17, 15) is 0 Å².